The summed E-state index contributed by atoms with van der Waals surface area (Å²) in [6.07, 6.45) is 0. The second-order valence-electron chi connectivity index (χ2n) is 3.44. The van der Waals surface area contributed by atoms with E-state index in [4.69, 9.17) is 0 Å². The lowest BCUT2D eigenvalue weighted by Crippen LogP contribution is -2.56. The number of nitrogens with zero attached hydrogens (tertiary/aromatic N) is 1. The van der Waals surface area contributed by atoms with Gasteiger partial charge in [-0.15, -0.1) is 0 Å². The number of benzene rings is 1. The minimum absolute atomic E-state index is 0.330. The van der Waals surface area contributed by atoms with Crippen molar-refractivity contribution in [3.63, 3.8) is 0 Å². The predicted molar refractivity (Wildman–Crippen MR) is 53.2 cm³/mol. The van der Waals surface area contributed by atoms with Crippen molar-refractivity contribution in [2.24, 2.45) is 0 Å². The number of anilines is 1. The van der Waals surface area contributed by atoms with E-state index in [2.05, 4.69) is 17.3 Å². The van der Waals surface area contributed by atoms with Gasteiger partial charge in [0.1, 0.15) is 5.75 Å². The molecule has 1 saturated heterocycles. The maximum atomic E-state index is 9.29. The van der Waals surface area contributed by atoms with E-state index in [0.29, 0.717) is 11.8 Å². The van der Waals surface area contributed by atoms with Crippen molar-refractivity contribution in [3.8, 4) is 5.75 Å². The fourth-order valence-corrected chi connectivity index (χ4v) is 1.47. The molecule has 3 heteroatoms. The van der Waals surface area contributed by atoms with Crippen LogP contribution in [-0.4, -0.2) is 31.3 Å². The Hall–Kier alpha value is -1.22. The molecule has 1 heterocycles. The molecule has 1 aliphatic rings. The first kappa shape index (κ1) is 8.38. The summed E-state index contributed by atoms with van der Waals surface area (Å²) in [5.41, 5.74) is 1.08. The van der Waals surface area contributed by atoms with Crippen molar-refractivity contribution in [1.29, 1.82) is 0 Å². The highest BCUT2D eigenvalue weighted by atomic mass is 16.3. The van der Waals surface area contributed by atoms with Crippen LogP contribution in [0.4, 0.5) is 5.69 Å². The van der Waals surface area contributed by atoms with Crippen LogP contribution in [0.15, 0.2) is 24.3 Å². The van der Waals surface area contributed by atoms with E-state index in [1.54, 1.807) is 12.1 Å². The molecule has 0 spiro atoms. The average molecular weight is 178 g/mol. The summed E-state index contributed by atoms with van der Waals surface area (Å²) in [5, 5.41) is 12.5. The van der Waals surface area contributed by atoms with Crippen LogP contribution in [0.1, 0.15) is 0 Å². The van der Waals surface area contributed by atoms with Crippen molar-refractivity contribution in [3.05, 3.63) is 24.3 Å². The number of hydrogen-bond donors (Lipinski definition) is 2. The Morgan fingerprint density at radius 2 is 2.23 bits per heavy atom. The monoisotopic (exact) mass is 178 g/mol. The van der Waals surface area contributed by atoms with Gasteiger partial charge >= 0.3 is 0 Å². The molecule has 2 rings (SSSR count). The quantitative estimate of drug-likeness (QED) is 0.703. The lowest BCUT2D eigenvalue weighted by atomic mass is 10.1. The van der Waals surface area contributed by atoms with Crippen molar-refractivity contribution < 1.29 is 5.11 Å². The molecule has 0 aromatic heterocycles. The van der Waals surface area contributed by atoms with Crippen LogP contribution in [0.3, 0.4) is 0 Å². The molecule has 0 atom stereocenters. The number of phenolic OH excluding ortho intramolecular Hbond substituents is 1. The van der Waals surface area contributed by atoms with Gasteiger partial charge in [-0.3, -0.25) is 0 Å². The van der Waals surface area contributed by atoms with E-state index < -0.39 is 0 Å². The summed E-state index contributed by atoms with van der Waals surface area (Å²) in [4.78, 5) is 2.19. The minimum atomic E-state index is 0.330. The van der Waals surface area contributed by atoms with E-state index in [0.717, 1.165) is 18.8 Å². The second kappa shape index (κ2) is 3.26. The maximum Gasteiger partial charge on any atom is 0.117 e. The molecule has 1 fully saturated rings. The molecule has 13 heavy (non-hydrogen) atoms. The molecule has 2 N–H and O–H groups in total. The van der Waals surface area contributed by atoms with Gasteiger partial charge < -0.3 is 15.3 Å². The van der Waals surface area contributed by atoms with Crippen LogP contribution in [0.2, 0.25) is 0 Å². The van der Waals surface area contributed by atoms with Gasteiger partial charge in [0.25, 0.3) is 0 Å². The highest BCUT2D eigenvalue weighted by molar-refractivity contribution is 5.51. The van der Waals surface area contributed by atoms with Gasteiger partial charge in [-0.05, 0) is 12.1 Å². The van der Waals surface area contributed by atoms with Gasteiger partial charge in [-0.1, -0.05) is 6.07 Å². The first-order chi connectivity index (χ1) is 6.27. The van der Waals surface area contributed by atoms with E-state index in [9.17, 15) is 5.11 Å². The molecular formula is C10H14N2O. The average Bonchev–Trinajstić information content (AvgIpc) is 2.01. The largest absolute Gasteiger partial charge is 0.508 e. The molecule has 0 radical (unpaired) electrons. The smallest absolute Gasteiger partial charge is 0.117 e. The Morgan fingerprint density at radius 1 is 1.46 bits per heavy atom. The highest BCUT2D eigenvalue weighted by Crippen LogP contribution is 2.21. The van der Waals surface area contributed by atoms with Gasteiger partial charge in [0.15, 0.2) is 0 Å². The zero-order valence-corrected chi connectivity index (χ0v) is 7.70. The third-order valence-corrected chi connectivity index (χ3v) is 2.54. The minimum Gasteiger partial charge on any atom is -0.508 e. The van der Waals surface area contributed by atoms with Gasteiger partial charge in [-0.2, -0.15) is 0 Å². The molecule has 1 aliphatic heterocycles. The van der Waals surface area contributed by atoms with Gasteiger partial charge in [0, 0.05) is 31.9 Å². The summed E-state index contributed by atoms with van der Waals surface area (Å²) >= 11 is 0. The molecule has 0 saturated carbocycles. The van der Waals surface area contributed by atoms with Crippen molar-refractivity contribution in [2.75, 3.05) is 25.0 Å². The fourth-order valence-electron chi connectivity index (χ4n) is 1.47. The van der Waals surface area contributed by atoms with Gasteiger partial charge in [0.2, 0.25) is 0 Å². The Kier molecular flexibility index (Phi) is 2.10. The summed E-state index contributed by atoms with van der Waals surface area (Å²) < 4.78 is 0. The topological polar surface area (TPSA) is 35.5 Å². The number of hydrogen-bond acceptors (Lipinski definition) is 3. The van der Waals surface area contributed by atoms with Crippen molar-refractivity contribution >= 4 is 5.69 Å². The molecule has 1 aromatic carbocycles. The normalized spacial score (nSPS) is 16.7. The third-order valence-electron chi connectivity index (χ3n) is 2.54. The van der Waals surface area contributed by atoms with Gasteiger partial charge in [0.05, 0.1) is 6.04 Å². The van der Waals surface area contributed by atoms with E-state index in [-0.39, 0.29) is 0 Å². The second-order valence-corrected chi connectivity index (χ2v) is 3.44. The summed E-state index contributed by atoms with van der Waals surface area (Å²) in [5.74, 6) is 0.330. The standard InChI is InChI=1S/C10H14N2O/c1-12(9-6-11-7-9)8-3-2-4-10(13)5-8/h2-5,9,11,13H,6-7H2,1H3. The SMILES string of the molecule is CN(c1cccc(O)c1)C1CNC1. The molecule has 3 nitrogen and oxygen atoms in total. The molecule has 1 aromatic rings. The van der Waals surface area contributed by atoms with Crippen LogP contribution in [-0.2, 0) is 0 Å². The summed E-state index contributed by atoms with van der Waals surface area (Å²) in [6, 6.07) is 7.93. The van der Waals surface area contributed by atoms with Crippen LogP contribution in [0.25, 0.3) is 0 Å². The number of likely N-dealkylation sites (N-methyl/N-ethyl adjacent to an activating group) is 1. The zero-order valence-electron chi connectivity index (χ0n) is 7.70. The lowest BCUT2D eigenvalue weighted by Gasteiger charge is -2.37. The lowest BCUT2D eigenvalue weighted by molar-refractivity contribution is 0.427. The van der Waals surface area contributed by atoms with Crippen LogP contribution < -0.4 is 10.2 Å². The Labute approximate surface area is 78.0 Å². The van der Waals surface area contributed by atoms with E-state index in [1.807, 2.05) is 12.1 Å². The first-order valence-electron chi connectivity index (χ1n) is 4.50. The predicted octanol–water partition coefficient (Wildman–Crippen LogP) is 0.800. The van der Waals surface area contributed by atoms with E-state index in [1.165, 1.54) is 0 Å². The number of aromatic hydroxyl groups is 1. The van der Waals surface area contributed by atoms with Crippen LogP contribution in [0, 0.1) is 0 Å². The highest BCUT2D eigenvalue weighted by Gasteiger charge is 2.21. The summed E-state index contributed by atoms with van der Waals surface area (Å²) in [7, 11) is 2.06. The first-order valence-corrected chi connectivity index (χ1v) is 4.50. The molecule has 0 amide bonds. The Bertz CT molecular complexity index is 297. The molecule has 0 unspecified atom stereocenters. The molecular weight excluding hydrogens is 164 g/mol. The van der Waals surface area contributed by atoms with Crippen molar-refractivity contribution in [2.45, 2.75) is 6.04 Å². The fraction of sp³-hybridized carbons (Fsp3) is 0.400. The van der Waals surface area contributed by atoms with Crippen molar-refractivity contribution in [1.82, 2.24) is 5.32 Å². The molecule has 70 valence electrons. The van der Waals surface area contributed by atoms with Crippen LogP contribution in [0.5, 0.6) is 5.75 Å². The number of rotatable bonds is 2. The number of phenols is 1. The van der Waals surface area contributed by atoms with E-state index >= 15 is 0 Å². The zero-order chi connectivity index (χ0) is 9.26. The Balaban J connectivity index is 2.14. The molecule has 0 aliphatic carbocycles. The third kappa shape index (κ3) is 1.60. The summed E-state index contributed by atoms with van der Waals surface area (Å²) in [6.45, 7) is 2.07. The number of nitrogens with one attached hydrogen (secondary N) is 1. The van der Waals surface area contributed by atoms with Gasteiger partial charge in [-0.25, -0.2) is 0 Å². The maximum absolute atomic E-state index is 9.29. The van der Waals surface area contributed by atoms with Crippen LogP contribution >= 0.6 is 0 Å². The Morgan fingerprint density at radius 3 is 2.77 bits per heavy atom. The molecule has 0 bridgehead atoms.